The van der Waals surface area contributed by atoms with Crippen molar-refractivity contribution in [3.05, 3.63) is 15.6 Å². The number of carbonyl (C=O) groups is 1. The summed E-state index contributed by atoms with van der Waals surface area (Å²) in [6.07, 6.45) is 0.800. The van der Waals surface area contributed by atoms with E-state index in [0.717, 1.165) is 29.6 Å². The Balaban J connectivity index is 1.91. The van der Waals surface area contributed by atoms with Crippen molar-refractivity contribution in [2.45, 2.75) is 53.2 Å². The molecule has 0 aromatic carbocycles. The third-order valence-electron chi connectivity index (χ3n) is 3.85. The smallest absolute Gasteiger partial charge is 0.311 e. The number of guanidine groups is 1. The lowest BCUT2D eigenvalue weighted by atomic mass is 10.1. The number of hydrogen-bond acceptors (Lipinski definition) is 5. The van der Waals surface area contributed by atoms with Crippen molar-refractivity contribution in [3.8, 4) is 0 Å². The van der Waals surface area contributed by atoms with Crippen LogP contribution in [0.2, 0.25) is 0 Å². The van der Waals surface area contributed by atoms with Gasteiger partial charge in [0.25, 0.3) is 0 Å². The van der Waals surface area contributed by atoms with E-state index in [1.54, 1.807) is 18.4 Å². The molecule has 134 valence electrons. The van der Waals surface area contributed by atoms with Crippen molar-refractivity contribution in [3.63, 3.8) is 0 Å². The van der Waals surface area contributed by atoms with Gasteiger partial charge in [-0.2, -0.15) is 0 Å². The van der Waals surface area contributed by atoms with Gasteiger partial charge in [0.15, 0.2) is 5.96 Å². The Labute approximate surface area is 148 Å². The highest BCUT2D eigenvalue weighted by Crippen LogP contribution is 2.21. The maximum absolute atomic E-state index is 12.2. The summed E-state index contributed by atoms with van der Waals surface area (Å²) in [4.78, 5) is 24.4. The van der Waals surface area contributed by atoms with E-state index in [9.17, 15) is 4.79 Å². The van der Waals surface area contributed by atoms with Crippen molar-refractivity contribution in [1.82, 2.24) is 15.2 Å². The topological polar surface area (TPSA) is 66.8 Å². The highest BCUT2D eigenvalue weighted by atomic mass is 32.1. The third-order valence-corrected chi connectivity index (χ3v) is 4.92. The fourth-order valence-corrected chi connectivity index (χ4v) is 3.64. The average Bonchev–Trinajstić information content (AvgIpc) is 3.05. The van der Waals surface area contributed by atoms with E-state index in [1.807, 2.05) is 34.6 Å². The molecule has 1 unspecified atom stereocenters. The van der Waals surface area contributed by atoms with Gasteiger partial charge in [0.05, 0.1) is 23.2 Å². The van der Waals surface area contributed by atoms with Crippen molar-refractivity contribution in [2.24, 2.45) is 10.9 Å². The molecule has 1 aromatic rings. The maximum Gasteiger partial charge on any atom is 0.311 e. The molecule has 1 atom stereocenters. The van der Waals surface area contributed by atoms with Crippen LogP contribution in [-0.4, -0.2) is 47.6 Å². The second-order valence-electron chi connectivity index (χ2n) is 7.11. The Hall–Kier alpha value is -1.63. The number of nitrogens with one attached hydrogen (secondary N) is 1. The minimum Gasteiger partial charge on any atom is -0.460 e. The predicted molar refractivity (Wildman–Crippen MR) is 97.3 cm³/mol. The zero-order chi connectivity index (χ0) is 17.9. The quantitative estimate of drug-likeness (QED) is 0.514. The van der Waals surface area contributed by atoms with Gasteiger partial charge in [0.2, 0.25) is 0 Å². The first-order chi connectivity index (χ1) is 11.2. The molecule has 0 radical (unpaired) electrons. The van der Waals surface area contributed by atoms with Gasteiger partial charge in [0.1, 0.15) is 5.60 Å². The summed E-state index contributed by atoms with van der Waals surface area (Å²) in [5.74, 6) is 0.621. The molecular formula is C17H28N4O2S. The molecule has 1 saturated heterocycles. The minimum atomic E-state index is -0.439. The number of aromatic nitrogens is 1. The van der Waals surface area contributed by atoms with Crippen LogP contribution in [0.15, 0.2) is 4.99 Å². The lowest BCUT2D eigenvalue weighted by Crippen LogP contribution is -2.40. The summed E-state index contributed by atoms with van der Waals surface area (Å²) in [6.45, 7) is 11.9. The summed E-state index contributed by atoms with van der Waals surface area (Å²) < 4.78 is 5.50. The van der Waals surface area contributed by atoms with E-state index in [1.165, 1.54) is 4.88 Å². The number of likely N-dealkylation sites (tertiary alicyclic amines) is 1. The molecule has 1 aromatic heterocycles. The van der Waals surface area contributed by atoms with Gasteiger partial charge in [-0.15, -0.1) is 11.3 Å². The summed E-state index contributed by atoms with van der Waals surface area (Å²) in [6, 6.07) is 0. The number of carbonyl (C=O) groups excluding carboxylic acids is 1. The first-order valence-corrected chi connectivity index (χ1v) is 9.12. The lowest BCUT2D eigenvalue weighted by Gasteiger charge is -2.23. The van der Waals surface area contributed by atoms with E-state index in [0.29, 0.717) is 13.1 Å². The van der Waals surface area contributed by atoms with E-state index < -0.39 is 5.60 Å². The van der Waals surface area contributed by atoms with Crippen LogP contribution in [-0.2, 0) is 16.1 Å². The van der Waals surface area contributed by atoms with Gasteiger partial charge in [-0.05, 0) is 41.0 Å². The Bertz CT molecular complexity index is 619. The molecule has 0 amide bonds. The largest absolute Gasteiger partial charge is 0.460 e. The molecule has 0 spiro atoms. The number of thiazole rings is 1. The fourth-order valence-electron chi connectivity index (χ4n) is 2.76. The molecule has 1 aliphatic rings. The molecule has 6 nitrogen and oxygen atoms in total. The Morgan fingerprint density at radius 1 is 1.46 bits per heavy atom. The van der Waals surface area contributed by atoms with E-state index in [2.05, 4.69) is 20.2 Å². The van der Waals surface area contributed by atoms with Crippen LogP contribution in [0.3, 0.4) is 0 Å². The summed E-state index contributed by atoms with van der Waals surface area (Å²) in [7, 11) is 1.77. The number of rotatable bonds is 3. The summed E-state index contributed by atoms with van der Waals surface area (Å²) in [5.41, 5.74) is 0.625. The molecule has 7 heteroatoms. The number of ether oxygens (including phenoxy) is 1. The Kier molecular flexibility index (Phi) is 5.85. The van der Waals surface area contributed by atoms with E-state index >= 15 is 0 Å². The normalized spacial score (nSPS) is 18.8. The van der Waals surface area contributed by atoms with E-state index in [-0.39, 0.29) is 11.9 Å². The standard InChI is InChI=1S/C17H28N4O2S/c1-11-14(24-12(2)20-11)9-19-16(18-6)21-8-7-13(10-21)15(22)23-17(3,4)5/h13H,7-10H2,1-6H3,(H,18,19). The van der Waals surface area contributed by atoms with Crippen LogP contribution >= 0.6 is 11.3 Å². The first kappa shape index (κ1) is 18.7. The van der Waals surface area contributed by atoms with Gasteiger partial charge in [-0.1, -0.05) is 0 Å². The predicted octanol–water partition coefficient (Wildman–Crippen LogP) is 2.50. The SMILES string of the molecule is CN=C(NCc1sc(C)nc1C)N1CCC(C(=O)OC(C)(C)C)C1. The average molecular weight is 353 g/mol. The number of aryl methyl sites for hydroxylation is 2. The van der Waals surface area contributed by atoms with Gasteiger partial charge in [-0.3, -0.25) is 9.79 Å². The Morgan fingerprint density at radius 2 is 2.17 bits per heavy atom. The molecule has 1 N–H and O–H groups in total. The summed E-state index contributed by atoms with van der Waals surface area (Å²) in [5, 5.41) is 4.46. The van der Waals surface area contributed by atoms with Crippen LogP contribution in [0.25, 0.3) is 0 Å². The molecular weight excluding hydrogens is 324 g/mol. The molecule has 2 heterocycles. The van der Waals surface area contributed by atoms with Crippen LogP contribution in [0.5, 0.6) is 0 Å². The van der Waals surface area contributed by atoms with Crippen LogP contribution in [0.4, 0.5) is 0 Å². The van der Waals surface area contributed by atoms with Gasteiger partial charge in [0, 0.05) is 25.0 Å². The fraction of sp³-hybridized carbons (Fsp3) is 0.706. The zero-order valence-corrected chi connectivity index (χ0v) is 16.3. The molecule has 1 aliphatic heterocycles. The van der Waals surface area contributed by atoms with Crippen LogP contribution < -0.4 is 5.32 Å². The zero-order valence-electron chi connectivity index (χ0n) is 15.5. The van der Waals surface area contributed by atoms with E-state index in [4.69, 9.17) is 4.74 Å². The Morgan fingerprint density at radius 3 is 2.71 bits per heavy atom. The monoisotopic (exact) mass is 352 g/mol. The summed E-state index contributed by atoms with van der Waals surface area (Å²) >= 11 is 1.70. The minimum absolute atomic E-state index is 0.0878. The molecule has 2 rings (SSSR count). The first-order valence-electron chi connectivity index (χ1n) is 8.31. The molecule has 0 saturated carbocycles. The number of hydrogen-bond donors (Lipinski definition) is 1. The highest BCUT2D eigenvalue weighted by molar-refractivity contribution is 7.11. The maximum atomic E-state index is 12.2. The van der Waals surface area contributed by atoms with Gasteiger partial charge < -0.3 is 15.0 Å². The second kappa shape index (κ2) is 7.51. The molecule has 24 heavy (non-hydrogen) atoms. The molecule has 0 aliphatic carbocycles. The van der Waals surface area contributed by atoms with Crippen molar-refractivity contribution in [2.75, 3.05) is 20.1 Å². The number of nitrogens with zero attached hydrogens (tertiary/aromatic N) is 3. The van der Waals surface area contributed by atoms with Gasteiger partial charge in [-0.25, -0.2) is 4.98 Å². The molecule has 1 fully saturated rings. The van der Waals surface area contributed by atoms with Crippen molar-refractivity contribution < 1.29 is 9.53 Å². The third kappa shape index (κ3) is 4.93. The van der Waals surface area contributed by atoms with Crippen molar-refractivity contribution >= 4 is 23.3 Å². The van der Waals surface area contributed by atoms with Crippen molar-refractivity contribution in [1.29, 1.82) is 0 Å². The number of esters is 1. The van der Waals surface area contributed by atoms with Crippen LogP contribution in [0.1, 0.15) is 42.8 Å². The number of aliphatic imine (C=N–C) groups is 1. The lowest BCUT2D eigenvalue weighted by molar-refractivity contribution is -0.159. The highest BCUT2D eigenvalue weighted by Gasteiger charge is 2.33. The van der Waals surface area contributed by atoms with Gasteiger partial charge >= 0.3 is 5.97 Å². The second-order valence-corrected chi connectivity index (χ2v) is 8.40. The van der Waals surface area contributed by atoms with Crippen LogP contribution in [0, 0.1) is 19.8 Å². The molecule has 0 bridgehead atoms.